The van der Waals surface area contributed by atoms with Gasteiger partial charge in [-0.3, -0.25) is 9.59 Å². The van der Waals surface area contributed by atoms with Gasteiger partial charge in [-0.1, -0.05) is 11.6 Å². The van der Waals surface area contributed by atoms with Crippen molar-refractivity contribution >= 4 is 35.3 Å². The van der Waals surface area contributed by atoms with E-state index in [4.69, 9.17) is 11.6 Å². The Morgan fingerprint density at radius 2 is 1.53 bits per heavy atom. The number of anilines is 2. The summed E-state index contributed by atoms with van der Waals surface area (Å²) < 4.78 is 0. The van der Waals surface area contributed by atoms with E-state index < -0.39 is 0 Å². The number of hydrogen-bond acceptors (Lipinski definition) is 2. The van der Waals surface area contributed by atoms with Gasteiger partial charge in [-0.15, -0.1) is 0 Å². The summed E-state index contributed by atoms with van der Waals surface area (Å²) in [6, 6.07) is 13.4. The van der Waals surface area contributed by atoms with Crippen LogP contribution in [-0.2, 0) is 4.79 Å². The van der Waals surface area contributed by atoms with Crippen molar-refractivity contribution in [3.63, 3.8) is 0 Å². The van der Waals surface area contributed by atoms with E-state index in [9.17, 15) is 9.59 Å². The van der Waals surface area contributed by atoms with Crippen LogP contribution in [0.3, 0.4) is 0 Å². The van der Waals surface area contributed by atoms with Gasteiger partial charge in [0.05, 0.1) is 0 Å². The molecule has 0 aromatic heterocycles. The van der Waals surface area contributed by atoms with Gasteiger partial charge in [0.2, 0.25) is 6.41 Å². The molecule has 19 heavy (non-hydrogen) atoms. The van der Waals surface area contributed by atoms with Gasteiger partial charge in [-0.2, -0.15) is 0 Å². The summed E-state index contributed by atoms with van der Waals surface area (Å²) in [7, 11) is 0. The summed E-state index contributed by atoms with van der Waals surface area (Å²) in [5, 5.41) is 5.87. The topological polar surface area (TPSA) is 58.2 Å². The van der Waals surface area contributed by atoms with Gasteiger partial charge in [0, 0.05) is 22.0 Å². The molecule has 0 aliphatic heterocycles. The molecule has 0 radical (unpaired) electrons. The molecule has 2 N–H and O–H groups in total. The van der Waals surface area contributed by atoms with Crippen LogP contribution >= 0.6 is 11.6 Å². The van der Waals surface area contributed by atoms with Crippen LogP contribution in [0.25, 0.3) is 0 Å². The summed E-state index contributed by atoms with van der Waals surface area (Å²) in [6.07, 6.45) is 0.586. The molecule has 0 aliphatic rings. The Hall–Kier alpha value is -2.33. The molecule has 0 saturated heterocycles. The minimum atomic E-state index is -0.222. The summed E-state index contributed by atoms with van der Waals surface area (Å²) in [5.41, 5.74) is 1.81. The SMILES string of the molecule is O=CNc1ccc(C(=O)Nc2ccc(Cl)cc2)cc1. The van der Waals surface area contributed by atoms with Crippen molar-refractivity contribution in [2.75, 3.05) is 10.6 Å². The molecule has 0 fully saturated rings. The van der Waals surface area contributed by atoms with Crippen LogP contribution in [0.1, 0.15) is 10.4 Å². The zero-order chi connectivity index (χ0) is 13.7. The molecule has 0 bridgehead atoms. The van der Waals surface area contributed by atoms with E-state index in [1.54, 1.807) is 48.5 Å². The molecule has 0 heterocycles. The first-order valence-corrected chi connectivity index (χ1v) is 5.94. The second-order valence-electron chi connectivity index (χ2n) is 3.80. The highest BCUT2D eigenvalue weighted by Gasteiger charge is 2.05. The smallest absolute Gasteiger partial charge is 0.255 e. The van der Waals surface area contributed by atoms with Crippen LogP contribution in [0, 0.1) is 0 Å². The van der Waals surface area contributed by atoms with Crippen LogP contribution in [0.15, 0.2) is 48.5 Å². The van der Waals surface area contributed by atoms with Crippen molar-refractivity contribution in [2.45, 2.75) is 0 Å². The summed E-state index contributed by atoms with van der Waals surface area (Å²) >= 11 is 5.76. The lowest BCUT2D eigenvalue weighted by Crippen LogP contribution is -2.11. The van der Waals surface area contributed by atoms with E-state index in [1.807, 2.05) is 0 Å². The maximum absolute atomic E-state index is 11.9. The number of carbonyl (C=O) groups is 2. The van der Waals surface area contributed by atoms with Crippen molar-refractivity contribution in [2.24, 2.45) is 0 Å². The number of nitrogens with one attached hydrogen (secondary N) is 2. The Morgan fingerprint density at radius 3 is 2.11 bits per heavy atom. The molecule has 0 spiro atoms. The lowest BCUT2D eigenvalue weighted by Gasteiger charge is -2.06. The number of hydrogen-bond donors (Lipinski definition) is 2. The third kappa shape index (κ3) is 3.56. The molecular weight excluding hydrogens is 264 g/mol. The summed E-state index contributed by atoms with van der Waals surface area (Å²) in [5.74, 6) is -0.222. The Kier molecular flexibility index (Phi) is 4.15. The van der Waals surface area contributed by atoms with Gasteiger partial charge in [0.1, 0.15) is 0 Å². The number of carbonyl (C=O) groups excluding carboxylic acids is 2. The normalized spacial score (nSPS) is 9.74. The maximum atomic E-state index is 11.9. The number of halogens is 1. The standard InChI is InChI=1S/C14H11ClN2O2/c15-11-3-7-13(8-4-11)17-14(19)10-1-5-12(6-2-10)16-9-18/h1-9H,(H,16,18)(H,17,19). The Morgan fingerprint density at radius 1 is 0.947 bits per heavy atom. The quantitative estimate of drug-likeness (QED) is 0.842. The highest BCUT2D eigenvalue weighted by molar-refractivity contribution is 6.30. The monoisotopic (exact) mass is 274 g/mol. The molecule has 0 atom stereocenters. The van der Waals surface area contributed by atoms with Crippen LogP contribution in [-0.4, -0.2) is 12.3 Å². The van der Waals surface area contributed by atoms with Crippen LogP contribution in [0.5, 0.6) is 0 Å². The number of amides is 2. The second kappa shape index (κ2) is 6.02. The first kappa shape index (κ1) is 13.1. The molecule has 2 aromatic rings. The zero-order valence-corrected chi connectivity index (χ0v) is 10.6. The van der Waals surface area contributed by atoms with Gasteiger partial charge < -0.3 is 10.6 Å². The van der Waals surface area contributed by atoms with Crippen molar-refractivity contribution in [3.05, 3.63) is 59.1 Å². The van der Waals surface area contributed by atoms with E-state index in [2.05, 4.69) is 10.6 Å². The summed E-state index contributed by atoms with van der Waals surface area (Å²) in [6.45, 7) is 0. The fourth-order valence-electron chi connectivity index (χ4n) is 1.52. The fourth-order valence-corrected chi connectivity index (χ4v) is 1.65. The van der Waals surface area contributed by atoms with E-state index in [1.165, 1.54) is 0 Å². The second-order valence-corrected chi connectivity index (χ2v) is 4.24. The molecule has 4 nitrogen and oxygen atoms in total. The first-order valence-electron chi connectivity index (χ1n) is 5.56. The number of rotatable bonds is 4. The molecule has 0 aliphatic carbocycles. The van der Waals surface area contributed by atoms with Gasteiger partial charge in [-0.05, 0) is 48.5 Å². The van der Waals surface area contributed by atoms with Gasteiger partial charge in [-0.25, -0.2) is 0 Å². The van der Waals surface area contributed by atoms with E-state index in [0.29, 0.717) is 28.4 Å². The van der Waals surface area contributed by atoms with Gasteiger partial charge >= 0.3 is 0 Å². The average Bonchev–Trinajstić information content (AvgIpc) is 2.42. The fraction of sp³-hybridized carbons (Fsp3) is 0. The molecular formula is C14H11ClN2O2. The third-order valence-electron chi connectivity index (χ3n) is 2.47. The van der Waals surface area contributed by atoms with E-state index in [-0.39, 0.29) is 5.91 Å². The lowest BCUT2D eigenvalue weighted by atomic mass is 10.2. The molecule has 0 saturated carbocycles. The number of benzene rings is 2. The molecule has 2 amide bonds. The van der Waals surface area contributed by atoms with Gasteiger partial charge in [0.15, 0.2) is 0 Å². The Balaban J connectivity index is 2.07. The predicted octanol–water partition coefficient (Wildman–Crippen LogP) is 3.16. The Bertz CT molecular complexity index is 579. The predicted molar refractivity (Wildman–Crippen MR) is 75.5 cm³/mol. The van der Waals surface area contributed by atoms with Crippen LogP contribution in [0.4, 0.5) is 11.4 Å². The third-order valence-corrected chi connectivity index (χ3v) is 2.73. The van der Waals surface area contributed by atoms with Crippen LogP contribution in [0.2, 0.25) is 5.02 Å². The summed E-state index contributed by atoms with van der Waals surface area (Å²) in [4.78, 5) is 22.2. The van der Waals surface area contributed by atoms with Crippen molar-refractivity contribution in [1.29, 1.82) is 0 Å². The van der Waals surface area contributed by atoms with E-state index >= 15 is 0 Å². The molecule has 5 heteroatoms. The molecule has 0 unspecified atom stereocenters. The van der Waals surface area contributed by atoms with Crippen molar-refractivity contribution in [1.82, 2.24) is 0 Å². The molecule has 96 valence electrons. The first-order chi connectivity index (χ1) is 9.19. The Labute approximate surface area is 115 Å². The molecule has 2 aromatic carbocycles. The maximum Gasteiger partial charge on any atom is 0.255 e. The minimum Gasteiger partial charge on any atom is -0.329 e. The zero-order valence-electron chi connectivity index (χ0n) is 9.89. The largest absolute Gasteiger partial charge is 0.329 e. The minimum absolute atomic E-state index is 0.222. The lowest BCUT2D eigenvalue weighted by molar-refractivity contribution is -0.105. The highest BCUT2D eigenvalue weighted by Crippen LogP contribution is 2.15. The molecule has 2 rings (SSSR count). The highest BCUT2D eigenvalue weighted by atomic mass is 35.5. The van der Waals surface area contributed by atoms with Crippen molar-refractivity contribution < 1.29 is 9.59 Å². The average molecular weight is 275 g/mol. The van der Waals surface area contributed by atoms with Gasteiger partial charge in [0.25, 0.3) is 5.91 Å². The van der Waals surface area contributed by atoms with Crippen LogP contribution < -0.4 is 10.6 Å². The van der Waals surface area contributed by atoms with E-state index in [0.717, 1.165) is 0 Å². The van der Waals surface area contributed by atoms with Crippen molar-refractivity contribution in [3.8, 4) is 0 Å².